The van der Waals surface area contributed by atoms with Gasteiger partial charge in [0.05, 0.1) is 6.10 Å². The van der Waals surface area contributed by atoms with E-state index in [4.69, 9.17) is 5.73 Å². The molecule has 3 N–H and O–H groups in total. The number of halogens is 1. The Hall–Kier alpha value is -0.380. The first-order chi connectivity index (χ1) is 7.93. The second kappa shape index (κ2) is 6.53. The summed E-state index contributed by atoms with van der Waals surface area (Å²) in [6.45, 7) is 6.86. The SMILES string of the molecule is Cc1cc(Br)cc(C(O)C(CN)CC(C)C)c1. The molecule has 3 heteroatoms. The van der Waals surface area contributed by atoms with Crippen LogP contribution in [0.2, 0.25) is 0 Å². The van der Waals surface area contributed by atoms with E-state index < -0.39 is 6.10 Å². The fourth-order valence-electron chi connectivity index (χ4n) is 2.17. The van der Waals surface area contributed by atoms with E-state index in [9.17, 15) is 5.11 Å². The topological polar surface area (TPSA) is 46.2 Å². The summed E-state index contributed by atoms with van der Waals surface area (Å²) >= 11 is 3.46. The van der Waals surface area contributed by atoms with Crippen molar-refractivity contribution >= 4 is 15.9 Å². The average Bonchev–Trinajstić information content (AvgIpc) is 2.23. The van der Waals surface area contributed by atoms with Gasteiger partial charge in [0.15, 0.2) is 0 Å². The van der Waals surface area contributed by atoms with E-state index in [1.54, 1.807) is 0 Å². The van der Waals surface area contributed by atoms with E-state index in [1.165, 1.54) is 0 Å². The fraction of sp³-hybridized carbons (Fsp3) is 0.571. The molecular weight excluding hydrogens is 278 g/mol. The van der Waals surface area contributed by atoms with Crippen molar-refractivity contribution in [1.82, 2.24) is 0 Å². The smallest absolute Gasteiger partial charge is 0.0830 e. The molecule has 1 aromatic rings. The number of aliphatic hydroxyl groups is 1. The van der Waals surface area contributed by atoms with Crippen LogP contribution in [0.4, 0.5) is 0 Å². The van der Waals surface area contributed by atoms with Crippen LogP contribution in [0, 0.1) is 18.8 Å². The maximum absolute atomic E-state index is 10.4. The number of nitrogens with two attached hydrogens (primary N) is 1. The van der Waals surface area contributed by atoms with Crippen LogP contribution in [0.5, 0.6) is 0 Å². The number of hydrogen-bond donors (Lipinski definition) is 2. The molecule has 2 atom stereocenters. The van der Waals surface area contributed by atoms with Gasteiger partial charge in [0.25, 0.3) is 0 Å². The Bertz CT molecular complexity index is 345. The highest BCUT2D eigenvalue weighted by Crippen LogP contribution is 2.29. The number of benzene rings is 1. The summed E-state index contributed by atoms with van der Waals surface area (Å²) in [6.07, 6.45) is 0.474. The van der Waals surface area contributed by atoms with Gasteiger partial charge in [0.1, 0.15) is 0 Å². The summed E-state index contributed by atoms with van der Waals surface area (Å²) in [6, 6.07) is 6.04. The molecule has 0 heterocycles. The lowest BCUT2D eigenvalue weighted by atomic mass is 9.88. The largest absolute Gasteiger partial charge is 0.388 e. The van der Waals surface area contributed by atoms with Crippen molar-refractivity contribution in [3.05, 3.63) is 33.8 Å². The van der Waals surface area contributed by atoms with Gasteiger partial charge in [-0.25, -0.2) is 0 Å². The van der Waals surface area contributed by atoms with Gasteiger partial charge in [-0.2, -0.15) is 0 Å². The summed E-state index contributed by atoms with van der Waals surface area (Å²) in [5.74, 6) is 0.676. The van der Waals surface area contributed by atoms with Gasteiger partial charge in [0.2, 0.25) is 0 Å². The predicted molar refractivity (Wildman–Crippen MR) is 75.8 cm³/mol. The van der Waals surface area contributed by atoms with Crippen LogP contribution in [-0.2, 0) is 0 Å². The predicted octanol–water partition coefficient (Wildman–Crippen LogP) is 3.41. The highest BCUT2D eigenvalue weighted by Gasteiger charge is 2.21. The maximum Gasteiger partial charge on any atom is 0.0830 e. The second-order valence-electron chi connectivity index (χ2n) is 5.13. The van der Waals surface area contributed by atoms with Gasteiger partial charge in [-0.05, 0) is 49.1 Å². The minimum atomic E-state index is -0.474. The standard InChI is InChI=1S/C14H22BrNO/c1-9(2)4-12(8-16)14(17)11-5-10(3)6-13(15)7-11/h5-7,9,12,14,17H,4,8,16H2,1-3H3. The van der Waals surface area contributed by atoms with Crippen LogP contribution in [0.3, 0.4) is 0 Å². The van der Waals surface area contributed by atoms with Crippen LogP contribution in [-0.4, -0.2) is 11.7 Å². The lowest BCUT2D eigenvalue weighted by Crippen LogP contribution is -2.23. The Kier molecular flexibility index (Phi) is 5.63. The monoisotopic (exact) mass is 299 g/mol. The molecule has 96 valence electrons. The second-order valence-corrected chi connectivity index (χ2v) is 6.05. The van der Waals surface area contributed by atoms with Crippen LogP contribution in [0.15, 0.2) is 22.7 Å². The van der Waals surface area contributed by atoms with Crippen molar-refractivity contribution in [2.24, 2.45) is 17.6 Å². The van der Waals surface area contributed by atoms with Gasteiger partial charge in [0, 0.05) is 10.4 Å². The zero-order chi connectivity index (χ0) is 13.0. The van der Waals surface area contributed by atoms with E-state index in [1.807, 2.05) is 25.1 Å². The molecule has 0 fully saturated rings. The Balaban J connectivity index is 2.89. The molecule has 0 bridgehead atoms. The van der Waals surface area contributed by atoms with Crippen LogP contribution in [0.1, 0.15) is 37.5 Å². The van der Waals surface area contributed by atoms with E-state index in [2.05, 4.69) is 29.8 Å². The minimum Gasteiger partial charge on any atom is -0.388 e. The van der Waals surface area contributed by atoms with Crippen molar-refractivity contribution in [1.29, 1.82) is 0 Å². The van der Waals surface area contributed by atoms with Gasteiger partial charge in [-0.15, -0.1) is 0 Å². The molecule has 2 unspecified atom stereocenters. The van der Waals surface area contributed by atoms with E-state index in [0.717, 1.165) is 22.0 Å². The summed E-state index contributed by atoms with van der Waals surface area (Å²) in [5.41, 5.74) is 7.86. The van der Waals surface area contributed by atoms with Gasteiger partial charge < -0.3 is 10.8 Å². The van der Waals surface area contributed by atoms with Gasteiger partial charge in [-0.1, -0.05) is 35.8 Å². The minimum absolute atomic E-state index is 0.128. The molecule has 0 spiro atoms. The van der Waals surface area contributed by atoms with E-state index in [0.29, 0.717) is 12.5 Å². The highest BCUT2D eigenvalue weighted by atomic mass is 79.9. The first-order valence-electron chi connectivity index (χ1n) is 6.09. The summed E-state index contributed by atoms with van der Waals surface area (Å²) in [4.78, 5) is 0. The lowest BCUT2D eigenvalue weighted by molar-refractivity contribution is 0.0994. The quantitative estimate of drug-likeness (QED) is 0.875. The van der Waals surface area contributed by atoms with Crippen LogP contribution >= 0.6 is 15.9 Å². The highest BCUT2D eigenvalue weighted by molar-refractivity contribution is 9.10. The number of rotatable bonds is 5. The van der Waals surface area contributed by atoms with Crippen LogP contribution in [0.25, 0.3) is 0 Å². The lowest BCUT2D eigenvalue weighted by Gasteiger charge is -2.24. The third kappa shape index (κ3) is 4.41. The Morgan fingerprint density at radius 2 is 1.94 bits per heavy atom. The van der Waals surface area contributed by atoms with Crippen molar-refractivity contribution in [3.63, 3.8) is 0 Å². The third-order valence-electron chi connectivity index (χ3n) is 2.93. The Morgan fingerprint density at radius 3 is 2.41 bits per heavy atom. The number of aliphatic hydroxyl groups excluding tert-OH is 1. The van der Waals surface area contributed by atoms with Crippen molar-refractivity contribution < 1.29 is 5.11 Å². The molecule has 0 amide bonds. The maximum atomic E-state index is 10.4. The molecule has 0 aliphatic carbocycles. The molecular formula is C14H22BrNO. The Morgan fingerprint density at radius 1 is 1.29 bits per heavy atom. The molecule has 0 aromatic heterocycles. The zero-order valence-corrected chi connectivity index (χ0v) is 12.4. The number of hydrogen-bond acceptors (Lipinski definition) is 2. The normalized spacial score (nSPS) is 15.0. The van der Waals surface area contributed by atoms with Gasteiger partial charge in [-0.3, -0.25) is 0 Å². The molecule has 17 heavy (non-hydrogen) atoms. The molecule has 0 saturated carbocycles. The molecule has 0 aliphatic heterocycles. The molecule has 0 radical (unpaired) electrons. The van der Waals surface area contributed by atoms with Gasteiger partial charge >= 0.3 is 0 Å². The first-order valence-corrected chi connectivity index (χ1v) is 6.88. The summed E-state index contributed by atoms with van der Waals surface area (Å²) in [5, 5.41) is 10.4. The first kappa shape index (κ1) is 14.7. The molecule has 2 nitrogen and oxygen atoms in total. The third-order valence-corrected chi connectivity index (χ3v) is 3.39. The molecule has 1 aromatic carbocycles. The Labute approximate surface area is 112 Å². The zero-order valence-electron chi connectivity index (χ0n) is 10.8. The molecule has 0 aliphatic rings. The molecule has 1 rings (SSSR count). The fourth-order valence-corrected chi connectivity index (χ4v) is 2.79. The summed E-state index contributed by atoms with van der Waals surface area (Å²) < 4.78 is 1.01. The van der Waals surface area contributed by atoms with Crippen molar-refractivity contribution in [3.8, 4) is 0 Å². The molecule has 0 saturated heterocycles. The van der Waals surface area contributed by atoms with Crippen molar-refractivity contribution in [2.75, 3.05) is 6.54 Å². The average molecular weight is 300 g/mol. The van der Waals surface area contributed by atoms with E-state index in [-0.39, 0.29) is 5.92 Å². The van der Waals surface area contributed by atoms with E-state index >= 15 is 0 Å². The van der Waals surface area contributed by atoms with Crippen LogP contribution < -0.4 is 5.73 Å². The number of aryl methyl sites for hydroxylation is 1. The summed E-state index contributed by atoms with van der Waals surface area (Å²) in [7, 11) is 0. The van der Waals surface area contributed by atoms with Crippen molar-refractivity contribution in [2.45, 2.75) is 33.3 Å².